The van der Waals surface area contributed by atoms with Crippen LogP contribution in [-0.2, 0) is 45.9 Å². The summed E-state index contributed by atoms with van der Waals surface area (Å²) in [6, 6.07) is 28.3. The number of aromatic nitrogens is 1. The number of benzene rings is 4. The second-order valence-corrected chi connectivity index (χ2v) is 14.3. The van der Waals surface area contributed by atoms with E-state index in [-0.39, 0.29) is 43.8 Å². The first kappa shape index (κ1) is 34.4. The third kappa shape index (κ3) is 6.74. The highest BCUT2D eigenvalue weighted by Crippen LogP contribution is 2.47. The molecule has 0 aliphatic carbocycles. The molecule has 0 bridgehead atoms. The van der Waals surface area contributed by atoms with E-state index in [0.29, 0.717) is 29.9 Å². The number of hydrogen-bond donors (Lipinski definition) is 4. The molecule has 0 saturated heterocycles. The fraction of sp³-hybridized carbons (Fsp3) is 0.244. The van der Waals surface area contributed by atoms with Gasteiger partial charge in [0.2, 0.25) is 11.8 Å². The molecule has 0 fully saturated rings. The van der Waals surface area contributed by atoms with Gasteiger partial charge in [0, 0.05) is 51.7 Å². The number of aliphatic hydroxyl groups excluding tert-OH is 1. The van der Waals surface area contributed by atoms with Gasteiger partial charge < -0.3 is 30.3 Å². The number of para-hydroxylation sites is 1. The van der Waals surface area contributed by atoms with Crippen molar-refractivity contribution in [1.82, 2.24) is 9.88 Å². The highest BCUT2D eigenvalue weighted by molar-refractivity contribution is 9.10. The predicted molar refractivity (Wildman–Crippen MR) is 201 cm³/mol. The molecular weight excluding hydrogens is 708 g/mol. The van der Waals surface area contributed by atoms with Gasteiger partial charge in [-0.15, -0.1) is 0 Å². The molecule has 0 unspecified atom stereocenters. The van der Waals surface area contributed by atoms with E-state index in [1.165, 1.54) is 0 Å². The van der Waals surface area contributed by atoms with Crippen LogP contribution in [0.3, 0.4) is 0 Å². The number of H-pyrrole nitrogens is 1. The average molecular weight is 748 g/mol. The number of nitrogens with one attached hydrogen (secondary N) is 2. The minimum Gasteiger partial charge on any atom is -0.394 e. The third-order valence-corrected chi connectivity index (χ3v) is 10.6. The Labute approximate surface area is 304 Å². The number of aliphatic hydroxyl groups is 2. The second kappa shape index (κ2) is 14.3. The van der Waals surface area contributed by atoms with Crippen LogP contribution in [0.5, 0.6) is 0 Å². The summed E-state index contributed by atoms with van der Waals surface area (Å²) in [7, 11) is 0. The third-order valence-electron chi connectivity index (χ3n) is 10.1. The lowest BCUT2D eigenvalue weighted by Crippen LogP contribution is -2.46. The van der Waals surface area contributed by atoms with E-state index in [4.69, 9.17) is 0 Å². The van der Waals surface area contributed by atoms with Gasteiger partial charge in [-0.1, -0.05) is 89.6 Å². The van der Waals surface area contributed by atoms with Crippen molar-refractivity contribution in [3.63, 3.8) is 0 Å². The Morgan fingerprint density at radius 1 is 1.04 bits per heavy atom. The number of nitrogens with zero attached hydrogens (tertiary/aromatic N) is 2. The average Bonchev–Trinajstić information content (AvgIpc) is 3.64. The topological polar surface area (TPSA) is 126 Å². The molecule has 0 spiro atoms. The van der Waals surface area contributed by atoms with Gasteiger partial charge in [-0.3, -0.25) is 14.4 Å². The first-order valence-corrected chi connectivity index (χ1v) is 17.9. The summed E-state index contributed by atoms with van der Waals surface area (Å²) < 4.78 is 0.730. The molecule has 2 aliphatic rings. The summed E-state index contributed by atoms with van der Waals surface area (Å²) >= 11 is 3.50. The van der Waals surface area contributed by atoms with Gasteiger partial charge in [0.05, 0.1) is 31.3 Å². The lowest BCUT2D eigenvalue weighted by molar-refractivity contribution is -0.139. The quantitative estimate of drug-likeness (QED) is 0.124. The molecule has 7 rings (SSSR count). The van der Waals surface area contributed by atoms with Crippen molar-refractivity contribution in [1.29, 1.82) is 0 Å². The van der Waals surface area contributed by atoms with E-state index in [1.807, 2.05) is 91.1 Å². The highest BCUT2D eigenvalue weighted by Gasteiger charge is 2.52. The zero-order valence-electron chi connectivity index (χ0n) is 28.2. The lowest BCUT2D eigenvalue weighted by atomic mass is 9.83. The molecule has 51 heavy (non-hydrogen) atoms. The zero-order valence-corrected chi connectivity index (χ0v) is 29.8. The Balaban J connectivity index is 1.02. The van der Waals surface area contributed by atoms with E-state index in [2.05, 4.69) is 26.2 Å². The SMILES string of the molecule is C[C@@H](/C=C/CC(=O)N1Cc2ccccc2C[C@H]1CO)[C@]1(O)C(=O)N(Cc2ccc(NC(=O)Cc3c[nH]c4ccccc34)cc2)c2ccc(Br)cc21. The minimum atomic E-state index is -1.85. The lowest BCUT2D eigenvalue weighted by Gasteiger charge is -2.36. The maximum absolute atomic E-state index is 14.1. The van der Waals surface area contributed by atoms with Crippen LogP contribution in [-0.4, -0.2) is 50.5 Å². The Morgan fingerprint density at radius 3 is 2.57 bits per heavy atom. The van der Waals surface area contributed by atoms with Crippen LogP contribution in [0, 0.1) is 5.92 Å². The Bertz CT molecular complexity index is 2140. The molecule has 4 aromatic carbocycles. The van der Waals surface area contributed by atoms with Gasteiger partial charge in [-0.25, -0.2) is 0 Å². The van der Waals surface area contributed by atoms with E-state index in [9.17, 15) is 24.6 Å². The van der Waals surface area contributed by atoms with E-state index >= 15 is 0 Å². The Kier molecular flexibility index (Phi) is 9.65. The summed E-state index contributed by atoms with van der Waals surface area (Å²) in [6.07, 6.45) is 6.19. The number of rotatable bonds is 10. The fourth-order valence-corrected chi connectivity index (χ4v) is 7.64. The van der Waals surface area contributed by atoms with E-state index < -0.39 is 17.4 Å². The molecule has 9 nitrogen and oxygen atoms in total. The van der Waals surface area contributed by atoms with Crippen LogP contribution < -0.4 is 10.2 Å². The molecule has 3 atom stereocenters. The van der Waals surface area contributed by atoms with Crippen molar-refractivity contribution in [3.8, 4) is 0 Å². The van der Waals surface area contributed by atoms with E-state index in [1.54, 1.807) is 34.9 Å². The van der Waals surface area contributed by atoms with E-state index in [0.717, 1.165) is 37.6 Å². The monoisotopic (exact) mass is 746 g/mol. The summed E-state index contributed by atoms with van der Waals surface area (Å²) in [5, 5.41) is 26.1. The number of fused-ring (bicyclic) bond motifs is 3. The van der Waals surface area contributed by atoms with Crippen LogP contribution in [0.4, 0.5) is 11.4 Å². The number of halogens is 1. The molecule has 3 amide bonds. The van der Waals surface area contributed by atoms with Crippen LogP contribution in [0.2, 0.25) is 0 Å². The molecule has 5 aromatic rings. The summed E-state index contributed by atoms with van der Waals surface area (Å²) in [5.74, 6) is -1.37. The molecular formula is C41H39BrN4O5. The van der Waals surface area contributed by atoms with Crippen LogP contribution in [0.15, 0.2) is 114 Å². The number of carbonyl (C=O) groups excluding carboxylic acids is 3. The van der Waals surface area contributed by atoms with Crippen molar-refractivity contribution < 1.29 is 24.6 Å². The summed E-state index contributed by atoms with van der Waals surface area (Å²) in [4.78, 5) is 46.8. The van der Waals surface area contributed by atoms with Crippen molar-refractivity contribution in [3.05, 3.63) is 142 Å². The molecule has 3 heterocycles. The molecule has 2 aliphatic heterocycles. The van der Waals surface area contributed by atoms with Gasteiger partial charge in [-0.05, 0) is 65.1 Å². The first-order chi connectivity index (χ1) is 24.6. The van der Waals surface area contributed by atoms with Gasteiger partial charge in [-0.2, -0.15) is 0 Å². The predicted octanol–water partition coefficient (Wildman–Crippen LogP) is 6.37. The molecule has 10 heteroatoms. The molecule has 0 radical (unpaired) electrons. The van der Waals surface area contributed by atoms with Gasteiger partial charge in [0.25, 0.3) is 5.91 Å². The van der Waals surface area contributed by atoms with Crippen LogP contribution in [0.1, 0.15) is 41.2 Å². The normalized spacial score (nSPS) is 19.0. The number of hydrogen-bond acceptors (Lipinski definition) is 5. The largest absolute Gasteiger partial charge is 0.394 e. The maximum Gasteiger partial charge on any atom is 0.264 e. The number of aromatic amines is 1. The molecule has 260 valence electrons. The fourth-order valence-electron chi connectivity index (χ4n) is 7.28. The van der Waals surface area contributed by atoms with Crippen molar-refractivity contribution in [2.75, 3.05) is 16.8 Å². The minimum absolute atomic E-state index is 0.0764. The van der Waals surface area contributed by atoms with Crippen LogP contribution >= 0.6 is 15.9 Å². The maximum atomic E-state index is 14.1. The summed E-state index contributed by atoms with van der Waals surface area (Å²) in [5.41, 5.74) is 4.82. The standard InChI is InChI=1S/C41H39BrN4O5/c1-26(7-6-12-39(49)45-24-29-9-3-2-8-28(29)19-33(45)25-47)41(51)35-21-31(42)15-18-37(35)46(40(41)50)23-27-13-16-32(17-14-27)44-38(48)20-30-22-43-36-11-5-4-10-34(30)36/h2-11,13-18,21-22,26,33,43,47,51H,12,19-20,23-25H2,1H3,(H,44,48)/b7-6+/t26-,33-,41+/m0/s1. The second-order valence-electron chi connectivity index (χ2n) is 13.4. The molecule has 4 N–H and O–H groups in total. The number of anilines is 2. The van der Waals surface area contributed by atoms with Gasteiger partial charge >= 0.3 is 0 Å². The van der Waals surface area contributed by atoms with Crippen molar-refractivity contribution in [2.24, 2.45) is 5.92 Å². The number of amides is 3. The number of carbonyl (C=O) groups is 3. The van der Waals surface area contributed by atoms with Gasteiger partial charge in [0.15, 0.2) is 5.60 Å². The van der Waals surface area contributed by atoms with Gasteiger partial charge in [0.1, 0.15) is 0 Å². The van der Waals surface area contributed by atoms with Crippen molar-refractivity contribution in [2.45, 2.75) is 50.9 Å². The smallest absolute Gasteiger partial charge is 0.264 e. The Hall–Kier alpha value is -5.03. The Morgan fingerprint density at radius 2 is 1.78 bits per heavy atom. The highest BCUT2D eigenvalue weighted by atomic mass is 79.9. The summed E-state index contributed by atoms with van der Waals surface area (Å²) in [6.45, 7) is 2.29. The zero-order chi connectivity index (χ0) is 35.7. The van der Waals surface area contributed by atoms with Crippen LogP contribution in [0.25, 0.3) is 10.9 Å². The van der Waals surface area contributed by atoms with Crippen molar-refractivity contribution >= 4 is 55.9 Å². The molecule has 0 saturated carbocycles. The first-order valence-electron chi connectivity index (χ1n) is 17.1. The molecule has 1 aromatic heterocycles.